The molecule has 1 atom stereocenters. The molecule has 1 aromatic rings. The van der Waals surface area contributed by atoms with E-state index in [1.54, 1.807) is 7.11 Å². The fraction of sp³-hybridized carbons (Fsp3) is 0.444. The molecule has 0 saturated carbocycles. The fourth-order valence-electron chi connectivity index (χ4n) is 0.908. The molecule has 1 unspecified atom stereocenters. The molecule has 0 amide bonds. The summed E-state index contributed by atoms with van der Waals surface area (Å²) in [6, 6.07) is 7.80. The molecule has 0 N–H and O–H groups in total. The zero-order valence-corrected chi connectivity index (χ0v) is 13.7. The Balaban J connectivity index is 0. The van der Waals surface area contributed by atoms with Gasteiger partial charge in [-0.15, -0.1) is 0 Å². The normalized spacial score (nSPS) is 14.9. The number of hydrogen-bond acceptors (Lipinski definition) is 2. The standard InChI is InChI=1S/C8H8.C4H8O2.C4H8.C2H6/c1-7-5-3-4-6-8(7)2;1-5-2-4-3-6-4;1-3-4-2;1-2/h3-6H,1-2H2;4H,2-3H2,1H3;3-4H,1-2H3;1-2H3/b;;4-3-;. The van der Waals surface area contributed by atoms with Gasteiger partial charge in [0.25, 0.3) is 0 Å². The van der Waals surface area contributed by atoms with Gasteiger partial charge in [0, 0.05) is 7.11 Å². The quantitative estimate of drug-likeness (QED) is 0.612. The van der Waals surface area contributed by atoms with Crippen molar-refractivity contribution in [1.82, 2.24) is 0 Å². The smallest absolute Gasteiger partial charge is 0.104 e. The summed E-state index contributed by atoms with van der Waals surface area (Å²) in [7, 11) is 1.68. The van der Waals surface area contributed by atoms with E-state index in [9.17, 15) is 0 Å². The van der Waals surface area contributed by atoms with E-state index in [4.69, 9.17) is 9.47 Å². The van der Waals surface area contributed by atoms with Gasteiger partial charge >= 0.3 is 0 Å². The third kappa shape index (κ3) is 14.7. The third-order valence-corrected chi connectivity index (χ3v) is 2.21. The molecule has 1 aliphatic heterocycles. The average molecular weight is 278 g/mol. The first-order valence-electron chi connectivity index (χ1n) is 7.06. The Morgan fingerprint density at radius 1 is 1.15 bits per heavy atom. The first-order chi connectivity index (χ1) is 9.65. The number of ether oxygens (including phenoxy) is 2. The molecule has 1 saturated heterocycles. The zero-order chi connectivity index (χ0) is 15.8. The van der Waals surface area contributed by atoms with Crippen LogP contribution >= 0.6 is 0 Å². The SMILES string of the molecule is C/C=C\C.C=c1ccccc1=C.CC.COCC1CO1. The van der Waals surface area contributed by atoms with Crippen molar-refractivity contribution in [2.24, 2.45) is 0 Å². The van der Waals surface area contributed by atoms with Crippen LogP contribution in [0.5, 0.6) is 0 Å². The minimum atomic E-state index is 0.426. The van der Waals surface area contributed by atoms with Crippen molar-refractivity contribution in [3.05, 3.63) is 46.9 Å². The first-order valence-corrected chi connectivity index (χ1v) is 7.06. The van der Waals surface area contributed by atoms with Gasteiger partial charge in [-0.3, -0.25) is 0 Å². The molecule has 114 valence electrons. The third-order valence-electron chi connectivity index (χ3n) is 2.21. The molecule has 20 heavy (non-hydrogen) atoms. The fourth-order valence-corrected chi connectivity index (χ4v) is 0.908. The molecule has 2 nitrogen and oxygen atoms in total. The van der Waals surface area contributed by atoms with E-state index < -0.39 is 0 Å². The highest BCUT2D eigenvalue weighted by atomic mass is 16.6. The van der Waals surface area contributed by atoms with Gasteiger partial charge in [-0.05, 0) is 24.3 Å². The molecule has 1 aliphatic rings. The van der Waals surface area contributed by atoms with Gasteiger partial charge in [-0.1, -0.05) is 63.4 Å². The second kappa shape index (κ2) is 15.7. The van der Waals surface area contributed by atoms with Crippen LogP contribution in [0.15, 0.2) is 36.4 Å². The van der Waals surface area contributed by atoms with Crippen molar-refractivity contribution in [2.75, 3.05) is 20.3 Å². The Hall–Kier alpha value is -1.38. The maximum atomic E-state index is 4.82. The van der Waals surface area contributed by atoms with Crippen molar-refractivity contribution >= 4 is 13.2 Å². The molecule has 2 rings (SSSR count). The van der Waals surface area contributed by atoms with Gasteiger partial charge in [0.05, 0.1) is 13.2 Å². The summed E-state index contributed by atoms with van der Waals surface area (Å²) in [4.78, 5) is 0. The Kier molecular flexibility index (Phi) is 16.4. The van der Waals surface area contributed by atoms with Gasteiger partial charge in [0.1, 0.15) is 6.10 Å². The van der Waals surface area contributed by atoms with Gasteiger partial charge in [0.15, 0.2) is 0 Å². The lowest BCUT2D eigenvalue weighted by Crippen LogP contribution is -2.19. The van der Waals surface area contributed by atoms with Crippen molar-refractivity contribution < 1.29 is 9.47 Å². The average Bonchev–Trinajstić information content (AvgIpc) is 3.30. The number of allylic oxidation sites excluding steroid dienone is 2. The minimum absolute atomic E-state index is 0.426. The molecule has 2 heteroatoms. The number of rotatable bonds is 2. The van der Waals surface area contributed by atoms with Crippen LogP contribution in [0.2, 0.25) is 0 Å². The zero-order valence-electron chi connectivity index (χ0n) is 13.7. The summed E-state index contributed by atoms with van der Waals surface area (Å²) in [6.07, 6.45) is 4.43. The maximum Gasteiger partial charge on any atom is 0.104 e. The summed E-state index contributed by atoms with van der Waals surface area (Å²) < 4.78 is 9.56. The number of epoxide rings is 1. The summed E-state index contributed by atoms with van der Waals surface area (Å²) >= 11 is 0. The molecule has 0 bridgehead atoms. The van der Waals surface area contributed by atoms with Crippen molar-refractivity contribution in [2.45, 2.75) is 33.8 Å². The predicted octanol–water partition coefficient (Wildman–Crippen LogP) is 3.15. The molecular formula is C18H30O2. The van der Waals surface area contributed by atoms with E-state index >= 15 is 0 Å². The van der Waals surface area contributed by atoms with Crippen LogP contribution in [-0.2, 0) is 9.47 Å². The monoisotopic (exact) mass is 278 g/mol. The van der Waals surface area contributed by atoms with Crippen LogP contribution in [0.25, 0.3) is 13.2 Å². The predicted molar refractivity (Wildman–Crippen MR) is 90.2 cm³/mol. The van der Waals surface area contributed by atoms with Crippen LogP contribution in [0.1, 0.15) is 27.7 Å². The number of methoxy groups -OCH3 is 1. The van der Waals surface area contributed by atoms with E-state index in [1.807, 2.05) is 64.1 Å². The Morgan fingerprint density at radius 3 is 1.70 bits per heavy atom. The Morgan fingerprint density at radius 2 is 1.55 bits per heavy atom. The van der Waals surface area contributed by atoms with Crippen molar-refractivity contribution in [1.29, 1.82) is 0 Å². The van der Waals surface area contributed by atoms with Gasteiger partial charge < -0.3 is 9.47 Å². The molecule has 0 spiro atoms. The number of hydrogen-bond donors (Lipinski definition) is 0. The topological polar surface area (TPSA) is 21.8 Å². The summed E-state index contributed by atoms with van der Waals surface area (Å²) in [5.41, 5.74) is 0. The van der Waals surface area contributed by atoms with Crippen molar-refractivity contribution in [3.63, 3.8) is 0 Å². The van der Waals surface area contributed by atoms with Crippen LogP contribution < -0.4 is 10.4 Å². The van der Waals surface area contributed by atoms with E-state index in [-0.39, 0.29) is 0 Å². The van der Waals surface area contributed by atoms with Crippen LogP contribution in [0.4, 0.5) is 0 Å². The minimum Gasteiger partial charge on any atom is -0.382 e. The molecular weight excluding hydrogens is 248 g/mol. The van der Waals surface area contributed by atoms with Gasteiger partial charge in [0.2, 0.25) is 0 Å². The highest BCUT2D eigenvalue weighted by Crippen LogP contribution is 2.06. The molecule has 0 aliphatic carbocycles. The molecule has 1 heterocycles. The van der Waals surface area contributed by atoms with E-state index in [2.05, 4.69) is 13.2 Å². The second-order valence-electron chi connectivity index (χ2n) is 3.85. The molecule has 1 fully saturated rings. The van der Waals surface area contributed by atoms with Crippen molar-refractivity contribution in [3.8, 4) is 0 Å². The molecule has 0 aromatic heterocycles. The summed E-state index contributed by atoms with van der Waals surface area (Å²) in [6.45, 7) is 17.2. The summed E-state index contributed by atoms with van der Waals surface area (Å²) in [5.74, 6) is 0. The van der Waals surface area contributed by atoms with Crippen LogP contribution in [0.3, 0.4) is 0 Å². The lowest BCUT2D eigenvalue weighted by molar-refractivity contribution is 0.171. The van der Waals surface area contributed by atoms with Gasteiger partial charge in [-0.2, -0.15) is 0 Å². The van der Waals surface area contributed by atoms with E-state index in [0.29, 0.717) is 6.10 Å². The highest BCUT2D eigenvalue weighted by molar-refractivity contribution is 5.15. The van der Waals surface area contributed by atoms with Crippen LogP contribution in [-0.4, -0.2) is 26.4 Å². The largest absolute Gasteiger partial charge is 0.382 e. The second-order valence-corrected chi connectivity index (χ2v) is 3.85. The molecule has 0 radical (unpaired) electrons. The molecule has 1 aromatic carbocycles. The summed E-state index contributed by atoms with van der Waals surface area (Å²) in [5, 5.41) is 2.01. The van der Waals surface area contributed by atoms with E-state index in [1.165, 1.54) is 0 Å². The highest BCUT2D eigenvalue weighted by Gasteiger charge is 2.21. The van der Waals surface area contributed by atoms with E-state index in [0.717, 1.165) is 23.7 Å². The maximum absolute atomic E-state index is 4.82. The lowest BCUT2D eigenvalue weighted by atomic mass is 10.3. The van der Waals surface area contributed by atoms with Gasteiger partial charge in [-0.25, -0.2) is 0 Å². The Labute approximate surface area is 124 Å². The number of benzene rings is 1. The van der Waals surface area contributed by atoms with Crippen LogP contribution in [0, 0.1) is 0 Å². The lowest BCUT2D eigenvalue weighted by Gasteiger charge is -1.84. The first kappa shape index (κ1) is 20.9. The Bertz CT molecular complexity index is 386.